The number of hydrogen-bond acceptors (Lipinski definition) is 1. The minimum atomic E-state index is 0.308. The van der Waals surface area contributed by atoms with Crippen molar-refractivity contribution in [3.8, 4) is 0 Å². The quantitative estimate of drug-likeness (QED) is 0.814. The van der Waals surface area contributed by atoms with Crippen molar-refractivity contribution >= 4 is 15.9 Å². The van der Waals surface area contributed by atoms with Gasteiger partial charge in [-0.25, -0.2) is 0 Å². The summed E-state index contributed by atoms with van der Waals surface area (Å²) in [6, 6.07) is 7.11. The van der Waals surface area contributed by atoms with E-state index < -0.39 is 0 Å². The molecule has 2 heteroatoms. The molecule has 0 aromatic heterocycles. The van der Waals surface area contributed by atoms with Crippen molar-refractivity contribution in [2.24, 2.45) is 5.73 Å². The lowest BCUT2D eigenvalue weighted by Gasteiger charge is -2.17. The fourth-order valence-electron chi connectivity index (χ4n) is 2.17. The first-order valence-electron chi connectivity index (χ1n) is 6.62. The number of hydrogen-bond donors (Lipinski definition) is 1. The zero-order valence-electron chi connectivity index (χ0n) is 11.2. The Balaban J connectivity index is 2.78. The van der Waals surface area contributed by atoms with Gasteiger partial charge in [0.2, 0.25) is 0 Å². The number of benzene rings is 1. The smallest absolute Gasteiger partial charge is 0.0210 e. The molecule has 0 aliphatic heterocycles. The Hall–Kier alpha value is -0.340. The van der Waals surface area contributed by atoms with Crippen LogP contribution in [0.4, 0.5) is 0 Å². The van der Waals surface area contributed by atoms with Crippen LogP contribution in [0.3, 0.4) is 0 Å². The van der Waals surface area contributed by atoms with Crippen molar-refractivity contribution in [2.75, 3.05) is 0 Å². The normalized spacial score (nSPS) is 14.6. The van der Waals surface area contributed by atoms with Crippen LogP contribution in [-0.4, -0.2) is 6.04 Å². The van der Waals surface area contributed by atoms with E-state index in [1.807, 2.05) is 0 Å². The highest BCUT2D eigenvalue weighted by atomic mass is 79.9. The topological polar surface area (TPSA) is 26.0 Å². The SMILES string of the molecule is CCc1ccc(C(CC)CCC(C)N)cc1Br. The Bertz CT molecular complexity index is 347. The minimum Gasteiger partial charge on any atom is -0.328 e. The summed E-state index contributed by atoms with van der Waals surface area (Å²) >= 11 is 3.66. The van der Waals surface area contributed by atoms with E-state index in [0.29, 0.717) is 12.0 Å². The Kier molecular flexibility index (Phi) is 6.21. The van der Waals surface area contributed by atoms with E-state index in [-0.39, 0.29) is 0 Å². The molecule has 0 aliphatic carbocycles. The van der Waals surface area contributed by atoms with Crippen LogP contribution >= 0.6 is 15.9 Å². The zero-order valence-corrected chi connectivity index (χ0v) is 12.8. The van der Waals surface area contributed by atoms with Gasteiger partial charge in [0, 0.05) is 10.5 Å². The van der Waals surface area contributed by atoms with E-state index in [9.17, 15) is 0 Å². The molecule has 2 atom stereocenters. The molecule has 0 saturated heterocycles. The van der Waals surface area contributed by atoms with Gasteiger partial charge < -0.3 is 5.73 Å². The lowest BCUT2D eigenvalue weighted by Crippen LogP contribution is -2.15. The largest absolute Gasteiger partial charge is 0.328 e. The van der Waals surface area contributed by atoms with Gasteiger partial charge >= 0.3 is 0 Å². The van der Waals surface area contributed by atoms with Gasteiger partial charge in [-0.2, -0.15) is 0 Å². The van der Waals surface area contributed by atoms with Crippen LogP contribution in [0.15, 0.2) is 22.7 Å². The molecular weight excluding hydrogens is 274 g/mol. The Labute approximate surface area is 114 Å². The number of nitrogens with two attached hydrogens (primary N) is 1. The number of rotatable bonds is 6. The van der Waals surface area contributed by atoms with Gasteiger partial charge in [0.1, 0.15) is 0 Å². The van der Waals surface area contributed by atoms with Crippen LogP contribution in [0.1, 0.15) is 57.1 Å². The van der Waals surface area contributed by atoms with Crippen LogP contribution in [0, 0.1) is 0 Å². The standard InChI is InChI=1S/C15H24BrN/c1-4-12(7-6-11(3)17)14-9-8-13(5-2)15(16)10-14/h8-12H,4-7,17H2,1-3H3. The van der Waals surface area contributed by atoms with E-state index in [0.717, 1.165) is 12.8 Å². The summed E-state index contributed by atoms with van der Waals surface area (Å²) in [7, 11) is 0. The van der Waals surface area contributed by atoms with Gasteiger partial charge in [-0.1, -0.05) is 41.9 Å². The summed E-state index contributed by atoms with van der Waals surface area (Å²) < 4.78 is 1.25. The third kappa shape index (κ3) is 4.44. The average molecular weight is 298 g/mol. The number of halogens is 1. The van der Waals surface area contributed by atoms with Gasteiger partial charge in [0.05, 0.1) is 0 Å². The maximum absolute atomic E-state index is 5.84. The maximum atomic E-state index is 5.84. The van der Waals surface area contributed by atoms with Crippen LogP contribution in [-0.2, 0) is 6.42 Å². The lowest BCUT2D eigenvalue weighted by molar-refractivity contribution is 0.532. The minimum absolute atomic E-state index is 0.308. The third-order valence-corrected chi connectivity index (χ3v) is 4.13. The van der Waals surface area contributed by atoms with Crippen molar-refractivity contribution in [1.29, 1.82) is 0 Å². The summed E-state index contributed by atoms with van der Waals surface area (Å²) in [6.07, 6.45) is 4.56. The van der Waals surface area contributed by atoms with Crippen LogP contribution in [0.5, 0.6) is 0 Å². The van der Waals surface area contributed by atoms with Crippen molar-refractivity contribution < 1.29 is 0 Å². The summed E-state index contributed by atoms with van der Waals surface area (Å²) in [5, 5.41) is 0. The highest BCUT2D eigenvalue weighted by molar-refractivity contribution is 9.10. The van der Waals surface area contributed by atoms with Crippen LogP contribution < -0.4 is 5.73 Å². The van der Waals surface area contributed by atoms with Gasteiger partial charge in [0.25, 0.3) is 0 Å². The monoisotopic (exact) mass is 297 g/mol. The molecule has 2 N–H and O–H groups in total. The molecule has 0 bridgehead atoms. The Morgan fingerprint density at radius 3 is 2.41 bits per heavy atom. The van der Waals surface area contributed by atoms with Crippen molar-refractivity contribution in [2.45, 2.75) is 58.4 Å². The molecular formula is C15H24BrN. The van der Waals surface area contributed by atoms with Crippen LogP contribution in [0.25, 0.3) is 0 Å². The molecule has 96 valence electrons. The molecule has 0 amide bonds. The van der Waals surface area contributed by atoms with Crippen LogP contribution in [0.2, 0.25) is 0 Å². The second-order valence-electron chi connectivity index (χ2n) is 4.86. The summed E-state index contributed by atoms with van der Waals surface area (Å²) in [4.78, 5) is 0. The molecule has 1 aromatic carbocycles. The lowest BCUT2D eigenvalue weighted by atomic mass is 9.90. The van der Waals surface area contributed by atoms with Gasteiger partial charge in [-0.05, 0) is 55.7 Å². The summed E-state index contributed by atoms with van der Waals surface area (Å²) in [5.41, 5.74) is 8.67. The highest BCUT2D eigenvalue weighted by Gasteiger charge is 2.11. The fourth-order valence-corrected chi connectivity index (χ4v) is 2.85. The second kappa shape index (κ2) is 7.17. The predicted octanol–water partition coefficient (Wildman–Crippen LogP) is 4.63. The zero-order chi connectivity index (χ0) is 12.8. The Morgan fingerprint density at radius 1 is 1.24 bits per heavy atom. The Morgan fingerprint density at radius 2 is 1.94 bits per heavy atom. The molecule has 0 spiro atoms. The summed E-state index contributed by atoms with van der Waals surface area (Å²) in [6.45, 7) is 6.53. The third-order valence-electron chi connectivity index (χ3n) is 3.39. The molecule has 2 unspecified atom stereocenters. The number of aryl methyl sites for hydroxylation is 1. The summed E-state index contributed by atoms with van der Waals surface area (Å²) in [5.74, 6) is 0.642. The first-order valence-corrected chi connectivity index (χ1v) is 7.41. The molecule has 1 nitrogen and oxygen atoms in total. The first-order chi connectivity index (χ1) is 8.08. The van der Waals surface area contributed by atoms with E-state index in [2.05, 4.69) is 54.9 Å². The van der Waals surface area contributed by atoms with E-state index in [4.69, 9.17) is 5.73 Å². The maximum Gasteiger partial charge on any atom is 0.0210 e. The fraction of sp³-hybridized carbons (Fsp3) is 0.600. The van der Waals surface area contributed by atoms with Crippen molar-refractivity contribution in [1.82, 2.24) is 0 Å². The van der Waals surface area contributed by atoms with Crippen molar-refractivity contribution in [3.63, 3.8) is 0 Å². The van der Waals surface area contributed by atoms with Gasteiger partial charge in [-0.3, -0.25) is 0 Å². The van der Waals surface area contributed by atoms with Gasteiger partial charge in [0.15, 0.2) is 0 Å². The first kappa shape index (κ1) is 14.7. The molecule has 0 radical (unpaired) electrons. The molecule has 1 rings (SSSR count). The molecule has 1 aromatic rings. The second-order valence-corrected chi connectivity index (χ2v) is 5.72. The van der Waals surface area contributed by atoms with E-state index in [1.165, 1.54) is 28.4 Å². The highest BCUT2D eigenvalue weighted by Crippen LogP contribution is 2.29. The average Bonchev–Trinajstić information content (AvgIpc) is 2.29. The van der Waals surface area contributed by atoms with Gasteiger partial charge in [-0.15, -0.1) is 0 Å². The van der Waals surface area contributed by atoms with E-state index in [1.54, 1.807) is 0 Å². The van der Waals surface area contributed by atoms with Crippen molar-refractivity contribution in [3.05, 3.63) is 33.8 Å². The predicted molar refractivity (Wildman–Crippen MR) is 79.4 cm³/mol. The molecule has 0 saturated carbocycles. The molecule has 17 heavy (non-hydrogen) atoms. The molecule has 0 aliphatic rings. The molecule has 0 fully saturated rings. The van der Waals surface area contributed by atoms with E-state index >= 15 is 0 Å². The molecule has 0 heterocycles.